The molecule has 3 heteroatoms. The summed E-state index contributed by atoms with van der Waals surface area (Å²) in [5.74, 6) is 0.952. The Kier molecular flexibility index (Phi) is 8.93. The summed E-state index contributed by atoms with van der Waals surface area (Å²) in [5.41, 5.74) is 1.27. The van der Waals surface area contributed by atoms with Crippen molar-refractivity contribution in [1.82, 2.24) is 5.32 Å². The third-order valence-electron chi connectivity index (χ3n) is 3.13. The smallest absolute Gasteiger partial charge is 0.133 e. The molecule has 19 heavy (non-hydrogen) atoms. The van der Waals surface area contributed by atoms with Gasteiger partial charge in [0.05, 0.1) is 11.1 Å². The molecule has 108 valence electrons. The topological polar surface area (TPSA) is 21.3 Å². The van der Waals surface area contributed by atoms with Crippen LogP contribution in [0.4, 0.5) is 0 Å². The first kappa shape index (κ1) is 16.5. The van der Waals surface area contributed by atoms with Crippen LogP contribution in [-0.4, -0.2) is 13.7 Å². The molecule has 0 unspecified atom stereocenters. The van der Waals surface area contributed by atoms with Crippen LogP contribution in [0.2, 0.25) is 0 Å². The first-order chi connectivity index (χ1) is 9.27. The van der Waals surface area contributed by atoms with E-state index in [9.17, 15) is 0 Å². The van der Waals surface area contributed by atoms with Crippen LogP contribution in [0.1, 0.15) is 51.0 Å². The van der Waals surface area contributed by atoms with Crippen LogP contribution in [0.3, 0.4) is 0 Å². The average molecular weight is 328 g/mol. The standard InChI is InChI=1S/C16H26BrNO/c1-3-4-5-6-7-8-11-19-16-10-9-14(13-18-2)12-15(16)17/h9-10,12,18H,3-8,11,13H2,1-2H3. The van der Waals surface area contributed by atoms with Gasteiger partial charge in [-0.05, 0) is 47.1 Å². The maximum absolute atomic E-state index is 5.81. The maximum Gasteiger partial charge on any atom is 0.133 e. The van der Waals surface area contributed by atoms with Gasteiger partial charge in [-0.25, -0.2) is 0 Å². The van der Waals surface area contributed by atoms with Gasteiger partial charge in [-0.1, -0.05) is 45.1 Å². The molecule has 0 amide bonds. The summed E-state index contributed by atoms with van der Waals surface area (Å²) in [5, 5.41) is 3.15. The third kappa shape index (κ3) is 6.98. The van der Waals surface area contributed by atoms with E-state index in [1.165, 1.54) is 37.7 Å². The number of halogens is 1. The van der Waals surface area contributed by atoms with Crippen molar-refractivity contribution in [2.75, 3.05) is 13.7 Å². The number of ether oxygens (including phenoxy) is 1. The lowest BCUT2D eigenvalue weighted by Crippen LogP contribution is -2.05. The first-order valence-electron chi connectivity index (χ1n) is 7.33. The second-order valence-corrected chi connectivity index (χ2v) is 5.77. The van der Waals surface area contributed by atoms with E-state index in [0.717, 1.165) is 29.8 Å². The van der Waals surface area contributed by atoms with E-state index in [0.29, 0.717) is 0 Å². The van der Waals surface area contributed by atoms with E-state index >= 15 is 0 Å². The Hall–Kier alpha value is -0.540. The van der Waals surface area contributed by atoms with Gasteiger partial charge in [0.1, 0.15) is 5.75 Å². The fourth-order valence-electron chi connectivity index (χ4n) is 2.04. The molecule has 0 bridgehead atoms. The summed E-state index contributed by atoms with van der Waals surface area (Å²) < 4.78 is 6.86. The van der Waals surface area contributed by atoms with Crippen LogP contribution in [0.5, 0.6) is 5.75 Å². The van der Waals surface area contributed by atoms with Gasteiger partial charge in [0.25, 0.3) is 0 Å². The van der Waals surface area contributed by atoms with Crippen molar-refractivity contribution in [2.24, 2.45) is 0 Å². The van der Waals surface area contributed by atoms with Gasteiger partial charge in [-0.3, -0.25) is 0 Å². The Labute approximate surface area is 126 Å². The normalized spacial score (nSPS) is 10.7. The Morgan fingerprint density at radius 1 is 1.11 bits per heavy atom. The number of rotatable bonds is 10. The molecule has 0 aliphatic heterocycles. The van der Waals surface area contributed by atoms with E-state index in [4.69, 9.17) is 4.74 Å². The molecule has 0 atom stereocenters. The van der Waals surface area contributed by atoms with E-state index in [-0.39, 0.29) is 0 Å². The van der Waals surface area contributed by atoms with Crippen LogP contribution < -0.4 is 10.1 Å². The van der Waals surface area contributed by atoms with Gasteiger partial charge >= 0.3 is 0 Å². The summed E-state index contributed by atoms with van der Waals surface area (Å²) in [4.78, 5) is 0. The Morgan fingerprint density at radius 3 is 2.53 bits per heavy atom. The zero-order valence-electron chi connectivity index (χ0n) is 12.2. The average Bonchev–Trinajstić information content (AvgIpc) is 2.40. The zero-order chi connectivity index (χ0) is 13.9. The molecule has 0 fully saturated rings. The van der Waals surface area contributed by atoms with Crippen LogP contribution in [0.15, 0.2) is 22.7 Å². The molecule has 2 nitrogen and oxygen atoms in total. The molecular formula is C16H26BrNO. The summed E-state index contributed by atoms with van der Waals surface area (Å²) in [6, 6.07) is 6.28. The predicted molar refractivity (Wildman–Crippen MR) is 85.8 cm³/mol. The highest BCUT2D eigenvalue weighted by Crippen LogP contribution is 2.26. The second-order valence-electron chi connectivity index (χ2n) is 4.91. The molecule has 0 heterocycles. The van der Waals surface area contributed by atoms with Crippen LogP contribution in [0.25, 0.3) is 0 Å². The molecule has 1 aromatic carbocycles. The lowest BCUT2D eigenvalue weighted by Gasteiger charge is -2.09. The molecule has 1 N–H and O–H groups in total. The van der Waals surface area contributed by atoms with Crippen molar-refractivity contribution in [2.45, 2.75) is 52.0 Å². The number of hydrogen-bond donors (Lipinski definition) is 1. The lowest BCUT2D eigenvalue weighted by atomic mass is 10.1. The molecular weight excluding hydrogens is 302 g/mol. The number of nitrogens with one attached hydrogen (secondary N) is 1. The highest BCUT2D eigenvalue weighted by molar-refractivity contribution is 9.10. The Morgan fingerprint density at radius 2 is 1.84 bits per heavy atom. The van der Waals surface area contributed by atoms with Crippen molar-refractivity contribution in [3.63, 3.8) is 0 Å². The van der Waals surface area contributed by atoms with Gasteiger partial charge in [-0.2, -0.15) is 0 Å². The van der Waals surface area contributed by atoms with Gasteiger partial charge in [0.15, 0.2) is 0 Å². The first-order valence-corrected chi connectivity index (χ1v) is 8.13. The fraction of sp³-hybridized carbons (Fsp3) is 0.625. The minimum absolute atomic E-state index is 0.816. The summed E-state index contributed by atoms with van der Waals surface area (Å²) in [6.45, 7) is 3.95. The number of benzene rings is 1. The second kappa shape index (κ2) is 10.3. The van der Waals surface area contributed by atoms with Gasteiger partial charge in [0.2, 0.25) is 0 Å². The number of hydrogen-bond acceptors (Lipinski definition) is 2. The fourth-order valence-corrected chi connectivity index (χ4v) is 2.58. The highest BCUT2D eigenvalue weighted by Gasteiger charge is 2.02. The van der Waals surface area contributed by atoms with Crippen LogP contribution in [-0.2, 0) is 6.54 Å². The van der Waals surface area contributed by atoms with E-state index in [2.05, 4.69) is 40.3 Å². The Bertz CT molecular complexity index is 355. The summed E-state index contributed by atoms with van der Waals surface area (Å²) in [6.07, 6.45) is 7.78. The quantitative estimate of drug-likeness (QED) is 0.616. The van der Waals surface area contributed by atoms with Crippen molar-refractivity contribution in [3.05, 3.63) is 28.2 Å². The molecule has 0 saturated heterocycles. The highest BCUT2D eigenvalue weighted by atomic mass is 79.9. The third-order valence-corrected chi connectivity index (χ3v) is 3.75. The minimum atomic E-state index is 0.816. The van der Waals surface area contributed by atoms with Gasteiger partial charge in [-0.15, -0.1) is 0 Å². The summed E-state index contributed by atoms with van der Waals surface area (Å²) >= 11 is 3.57. The molecule has 0 aliphatic rings. The predicted octanol–water partition coefficient (Wildman–Crippen LogP) is 4.91. The molecule has 1 rings (SSSR count). The Balaban J connectivity index is 2.22. The van der Waals surface area contributed by atoms with E-state index in [1.807, 2.05) is 13.1 Å². The van der Waals surface area contributed by atoms with E-state index in [1.54, 1.807) is 0 Å². The lowest BCUT2D eigenvalue weighted by molar-refractivity contribution is 0.302. The molecule has 0 saturated carbocycles. The SMILES string of the molecule is CCCCCCCCOc1ccc(CNC)cc1Br. The molecule has 0 aliphatic carbocycles. The molecule has 0 aromatic heterocycles. The minimum Gasteiger partial charge on any atom is -0.492 e. The van der Waals surface area contributed by atoms with Crippen molar-refractivity contribution in [3.8, 4) is 5.75 Å². The van der Waals surface area contributed by atoms with Gasteiger partial charge in [0, 0.05) is 6.54 Å². The maximum atomic E-state index is 5.81. The molecule has 0 radical (unpaired) electrons. The van der Waals surface area contributed by atoms with Crippen molar-refractivity contribution < 1.29 is 4.74 Å². The van der Waals surface area contributed by atoms with Crippen molar-refractivity contribution in [1.29, 1.82) is 0 Å². The van der Waals surface area contributed by atoms with Crippen LogP contribution in [0, 0.1) is 0 Å². The van der Waals surface area contributed by atoms with Crippen molar-refractivity contribution >= 4 is 15.9 Å². The molecule has 0 spiro atoms. The summed E-state index contributed by atoms with van der Waals surface area (Å²) in [7, 11) is 1.96. The molecule has 1 aromatic rings. The van der Waals surface area contributed by atoms with Crippen LogP contribution >= 0.6 is 15.9 Å². The monoisotopic (exact) mass is 327 g/mol. The largest absolute Gasteiger partial charge is 0.492 e. The number of unbranched alkanes of at least 4 members (excludes halogenated alkanes) is 5. The van der Waals surface area contributed by atoms with E-state index < -0.39 is 0 Å². The van der Waals surface area contributed by atoms with Gasteiger partial charge < -0.3 is 10.1 Å². The zero-order valence-corrected chi connectivity index (χ0v) is 13.8.